The lowest BCUT2D eigenvalue weighted by molar-refractivity contribution is -0.115. The molecule has 92 valence electrons. The molecule has 0 heterocycles. The van der Waals surface area contributed by atoms with Crippen LogP contribution < -0.4 is 0 Å². The molecule has 0 spiro atoms. The van der Waals surface area contributed by atoms with Crippen LogP contribution in [0, 0.1) is 5.92 Å². The van der Waals surface area contributed by atoms with Crippen molar-refractivity contribution in [3.8, 4) is 0 Å². The van der Waals surface area contributed by atoms with Gasteiger partial charge < -0.3 is 5.11 Å². The Kier molecular flexibility index (Phi) is 3.95. The third-order valence-electron chi connectivity index (χ3n) is 3.57. The first-order valence-corrected chi connectivity index (χ1v) is 6.43. The summed E-state index contributed by atoms with van der Waals surface area (Å²) in [6.07, 6.45) is 11.8. The topological polar surface area (TPSA) is 37.3 Å². The van der Waals surface area contributed by atoms with Gasteiger partial charge in [-0.2, -0.15) is 0 Å². The van der Waals surface area contributed by atoms with E-state index in [-0.39, 0.29) is 5.78 Å². The summed E-state index contributed by atoms with van der Waals surface area (Å²) in [6, 6.07) is 0. The average molecular weight is 232 g/mol. The van der Waals surface area contributed by atoms with Gasteiger partial charge in [-0.3, -0.25) is 4.79 Å². The standard InChI is InChI=1S/C15H20O2/c1-11-13(5-3-2-4-6-14(11)16)15(17)10-9-12-7-8-12/h2-5,12,14,16H,6-10H2,1H3. The summed E-state index contributed by atoms with van der Waals surface area (Å²) >= 11 is 0. The normalized spacial score (nSPS) is 24.7. The highest BCUT2D eigenvalue weighted by Gasteiger charge is 2.23. The van der Waals surface area contributed by atoms with Crippen LogP contribution in [-0.4, -0.2) is 17.0 Å². The summed E-state index contributed by atoms with van der Waals surface area (Å²) in [5, 5.41) is 9.90. The molecule has 2 heteroatoms. The van der Waals surface area contributed by atoms with E-state index in [2.05, 4.69) is 0 Å². The summed E-state index contributed by atoms with van der Waals surface area (Å²) < 4.78 is 0. The molecule has 0 bridgehead atoms. The second kappa shape index (κ2) is 5.46. The molecular weight excluding hydrogens is 212 g/mol. The Morgan fingerprint density at radius 2 is 2.18 bits per heavy atom. The van der Waals surface area contributed by atoms with Gasteiger partial charge in [0.2, 0.25) is 0 Å². The van der Waals surface area contributed by atoms with E-state index < -0.39 is 6.10 Å². The Hall–Kier alpha value is -1.15. The Balaban J connectivity index is 2.07. The van der Waals surface area contributed by atoms with E-state index in [0.29, 0.717) is 18.4 Å². The minimum Gasteiger partial charge on any atom is -0.388 e. The van der Waals surface area contributed by atoms with Gasteiger partial charge in [-0.15, -0.1) is 0 Å². The van der Waals surface area contributed by atoms with Gasteiger partial charge >= 0.3 is 0 Å². The molecule has 2 aliphatic carbocycles. The number of ketones is 1. The lowest BCUT2D eigenvalue weighted by atomic mass is 9.94. The van der Waals surface area contributed by atoms with Crippen molar-refractivity contribution in [2.75, 3.05) is 0 Å². The van der Waals surface area contributed by atoms with E-state index >= 15 is 0 Å². The third kappa shape index (κ3) is 3.40. The van der Waals surface area contributed by atoms with Gasteiger partial charge in [0.15, 0.2) is 5.78 Å². The van der Waals surface area contributed by atoms with Crippen LogP contribution in [0.3, 0.4) is 0 Å². The number of Topliss-reactive ketones (excluding diaryl/α,β-unsaturated/α-hetero) is 1. The lowest BCUT2D eigenvalue weighted by Crippen LogP contribution is -2.14. The van der Waals surface area contributed by atoms with Gasteiger partial charge in [-0.05, 0) is 31.3 Å². The van der Waals surface area contributed by atoms with E-state index in [9.17, 15) is 9.90 Å². The number of hydrogen-bond acceptors (Lipinski definition) is 2. The van der Waals surface area contributed by atoms with Crippen molar-refractivity contribution in [3.63, 3.8) is 0 Å². The van der Waals surface area contributed by atoms with Crippen molar-refractivity contribution < 1.29 is 9.90 Å². The van der Waals surface area contributed by atoms with Gasteiger partial charge in [-0.1, -0.05) is 37.1 Å². The Labute approximate surface area is 103 Å². The molecule has 1 N–H and O–H groups in total. The molecule has 0 aromatic carbocycles. The average Bonchev–Trinajstić information content (AvgIpc) is 3.11. The number of hydrogen-bond donors (Lipinski definition) is 1. The molecule has 0 aromatic heterocycles. The van der Waals surface area contributed by atoms with Crippen LogP contribution in [0.4, 0.5) is 0 Å². The van der Waals surface area contributed by atoms with Gasteiger partial charge in [0, 0.05) is 12.0 Å². The molecule has 1 unspecified atom stereocenters. The fourth-order valence-corrected chi connectivity index (χ4v) is 2.11. The third-order valence-corrected chi connectivity index (χ3v) is 3.57. The Bertz CT molecular complexity index is 384. The minimum atomic E-state index is -0.518. The van der Waals surface area contributed by atoms with Crippen molar-refractivity contribution >= 4 is 5.78 Å². The van der Waals surface area contributed by atoms with Crippen molar-refractivity contribution in [2.24, 2.45) is 5.92 Å². The van der Waals surface area contributed by atoms with Crippen LogP contribution in [0.2, 0.25) is 0 Å². The Morgan fingerprint density at radius 3 is 2.88 bits per heavy atom. The molecule has 2 aliphatic rings. The summed E-state index contributed by atoms with van der Waals surface area (Å²) in [6.45, 7) is 1.86. The van der Waals surface area contributed by atoms with Crippen LogP contribution in [0.1, 0.15) is 39.0 Å². The van der Waals surface area contributed by atoms with Crippen molar-refractivity contribution in [1.82, 2.24) is 0 Å². The quantitative estimate of drug-likeness (QED) is 0.809. The number of allylic oxidation sites excluding steroid dienone is 4. The number of rotatable bonds is 4. The van der Waals surface area contributed by atoms with Crippen molar-refractivity contribution in [3.05, 3.63) is 35.5 Å². The zero-order valence-corrected chi connectivity index (χ0v) is 10.4. The van der Waals surface area contributed by atoms with Crippen molar-refractivity contribution in [2.45, 2.75) is 45.1 Å². The van der Waals surface area contributed by atoms with Crippen LogP contribution in [-0.2, 0) is 4.79 Å². The van der Waals surface area contributed by atoms with Gasteiger partial charge in [0.05, 0.1) is 6.10 Å². The summed E-state index contributed by atoms with van der Waals surface area (Å²) in [7, 11) is 0. The molecule has 2 rings (SSSR count). The fraction of sp³-hybridized carbons (Fsp3) is 0.533. The number of carbonyl (C=O) groups excluding carboxylic acids is 1. The molecule has 1 saturated carbocycles. The highest BCUT2D eigenvalue weighted by Crippen LogP contribution is 2.34. The SMILES string of the molecule is CC1=C(C(=O)CCC2CC2)C=CC=CCC1O. The molecule has 0 saturated heterocycles. The van der Waals surface area contributed by atoms with E-state index in [1.54, 1.807) is 0 Å². The first kappa shape index (κ1) is 12.3. The first-order valence-electron chi connectivity index (χ1n) is 6.43. The highest BCUT2D eigenvalue weighted by molar-refractivity contribution is 5.98. The molecule has 0 amide bonds. The van der Waals surface area contributed by atoms with Crippen LogP contribution >= 0.6 is 0 Å². The second-order valence-corrected chi connectivity index (χ2v) is 5.04. The zero-order valence-electron chi connectivity index (χ0n) is 10.4. The maximum Gasteiger partial charge on any atom is 0.162 e. The molecule has 17 heavy (non-hydrogen) atoms. The van der Waals surface area contributed by atoms with Crippen LogP contribution in [0.5, 0.6) is 0 Å². The van der Waals surface area contributed by atoms with Gasteiger partial charge in [0.25, 0.3) is 0 Å². The second-order valence-electron chi connectivity index (χ2n) is 5.04. The molecular formula is C15H20O2. The number of aliphatic hydroxyl groups excluding tert-OH is 1. The summed E-state index contributed by atoms with van der Waals surface area (Å²) in [5.74, 6) is 0.960. The lowest BCUT2D eigenvalue weighted by Gasteiger charge is -2.14. The maximum absolute atomic E-state index is 12.1. The minimum absolute atomic E-state index is 0.181. The zero-order chi connectivity index (χ0) is 12.3. The molecule has 0 aromatic rings. The smallest absolute Gasteiger partial charge is 0.162 e. The number of aliphatic hydroxyl groups is 1. The monoisotopic (exact) mass is 232 g/mol. The first-order chi connectivity index (χ1) is 8.18. The van der Waals surface area contributed by atoms with E-state index in [4.69, 9.17) is 0 Å². The molecule has 1 fully saturated rings. The molecule has 0 aliphatic heterocycles. The van der Waals surface area contributed by atoms with E-state index in [1.807, 2.05) is 31.2 Å². The fourth-order valence-electron chi connectivity index (χ4n) is 2.11. The van der Waals surface area contributed by atoms with Gasteiger partial charge in [0.1, 0.15) is 0 Å². The summed E-state index contributed by atoms with van der Waals surface area (Å²) in [4.78, 5) is 12.1. The predicted octanol–water partition coefficient (Wildman–Crippen LogP) is 2.94. The van der Waals surface area contributed by atoms with Crippen molar-refractivity contribution in [1.29, 1.82) is 0 Å². The summed E-state index contributed by atoms with van der Waals surface area (Å²) in [5.41, 5.74) is 1.52. The Morgan fingerprint density at radius 1 is 1.41 bits per heavy atom. The van der Waals surface area contributed by atoms with Gasteiger partial charge in [-0.25, -0.2) is 0 Å². The van der Waals surface area contributed by atoms with Crippen LogP contribution in [0.25, 0.3) is 0 Å². The predicted molar refractivity (Wildman–Crippen MR) is 68.6 cm³/mol. The van der Waals surface area contributed by atoms with E-state index in [0.717, 1.165) is 17.9 Å². The number of carbonyl (C=O) groups is 1. The molecule has 0 radical (unpaired) electrons. The molecule has 1 atom stereocenters. The molecule has 2 nitrogen and oxygen atoms in total. The highest BCUT2D eigenvalue weighted by atomic mass is 16.3. The van der Waals surface area contributed by atoms with E-state index in [1.165, 1.54) is 12.8 Å². The van der Waals surface area contributed by atoms with Crippen LogP contribution in [0.15, 0.2) is 35.5 Å². The maximum atomic E-state index is 12.1. The largest absolute Gasteiger partial charge is 0.388 e.